The van der Waals surface area contributed by atoms with Crippen LogP contribution in [0.5, 0.6) is 0 Å². The summed E-state index contributed by atoms with van der Waals surface area (Å²) in [6, 6.07) is 6.57. The molecule has 3 aromatic rings. The summed E-state index contributed by atoms with van der Waals surface area (Å²) in [6.45, 7) is 6.32. The van der Waals surface area contributed by atoms with Crippen molar-refractivity contribution in [2.75, 3.05) is 0 Å². The van der Waals surface area contributed by atoms with E-state index in [2.05, 4.69) is 42.0 Å². The van der Waals surface area contributed by atoms with Crippen LogP contribution in [0, 0.1) is 20.8 Å². The number of aromatic nitrogens is 2. The second-order valence-electron chi connectivity index (χ2n) is 4.50. The number of nitrogens with zero attached hydrogens (tertiary/aromatic N) is 1. The van der Waals surface area contributed by atoms with Crippen molar-refractivity contribution in [1.82, 2.24) is 9.97 Å². The van der Waals surface area contributed by atoms with Crippen LogP contribution in [-0.2, 0) is 0 Å². The van der Waals surface area contributed by atoms with Gasteiger partial charge < -0.3 is 4.98 Å². The lowest BCUT2D eigenvalue weighted by atomic mass is 10.1. The summed E-state index contributed by atoms with van der Waals surface area (Å²) in [6.07, 6.45) is 1.92. The Hall–Kier alpha value is -1.83. The second kappa shape index (κ2) is 3.08. The highest BCUT2D eigenvalue weighted by molar-refractivity contribution is 6.08. The van der Waals surface area contributed by atoms with Crippen LogP contribution in [0.2, 0.25) is 0 Å². The van der Waals surface area contributed by atoms with E-state index in [0.717, 1.165) is 11.2 Å². The molecule has 1 N–H and O–H groups in total. The molecule has 80 valence electrons. The average molecular weight is 210 g/mol. The van der Waals surface area contributed by atoms with E-state index in [1.807, 2.05) is 13.1 Å². The van der Waals surface area contributed by atoms with Crippen molar-refractivity contribution in [3.63, 3.8) is 0 Å². The summed E-state index contributed by atoms with van der Waals surface area (Å²) in [5, 5.41) is 2.60. The van der Waals surface area contributed by atoms with Gasteiger partial charge in [0.05, 0.1) is 11.7 Å². The first-order valence-corrected chi connectivity index (χ1v) is 5.50. The van der Waals surface area contributed by atoms with Crippen molar-refractivity contribution in [1.29, 1.82) is 0 Å². The van der Waals surface area contributed by atoms with E-state index in [-0.39, 0.29) is 0 Å². The first kappa shape index (κ1) is 9.40. The highest BCUT2D eigenvalue weighted by Crippen LogP contribution is 2.28. The molecule has 0 aliphatic heterocycles. The monoisotopic (exact) mass is 210 g/mol. The van der Waals surface area contributed by atoms with Gasteiger partial charge in [-0.05, 0) is 44.0 Å². The topological polar surface area (TPSA) is 28.7 Å². The average Bonchev–Trinajstić information content (AvgIpc) is 2.54. The van der Waals surface area contributed by atoms with Crippen molar-refractivity contribution >= 4 is 21.8 Å². The zero-order chi connectivity index (χ0) is 11.3. The molecule has 0 amide bonds. The number of hydrogen-bond acceptors (Lipinski definition) is 1. The zero-order valence-corrected chi connectivity index (χ0v) is 9.76. The van der Waals surface area contributed by atoms with Crippen LogP contribution in [0.1, 0.15) is 16.8 Å². The normalized spacial score (nSPS) is 11.4. The molecule has 2 aromatic heterocycles. The Kier molecular flexibility index (Phi) is 1.81. The number of nitrogens with one attached hydrogen (secondary N) is 1. The number of aryl methyl sites for hydroxylation is 3. The molecule has 0 saturated heterocycles. The lowest BCUT2D eigenvalue weighted by Gasteiger charge is -1.99. The van der Waals surface area contributed by atoms with E-state index in [9.17, 15) is 0 Å². The Bertz CT molecular complexity index is 693. The van der Waals surface area contributed by atoms with Gasteiger partial charge in [-0.3, -0.25) is 4.98 Å². The number of benzene rings is 1. The highest BCUT2D eigenvalue weighted by Gasteiger charge is 2.07. The molecule has 0 spiro atoms. The van der Waals surface area contributed by atoms with Crippen molar-refractivity contribution in [2.45, 2.75) is 20.8 Å². The summed E-state index contributed by atoms with van der Waals surface area (Å²) in [5.41, 5.74) is 6.01. The maximum atomic E-state index is 4.32. The zero-order valence-electron chi connectivity index (χ0n) is 9.76. The van der Waals surface area contributed by atoms with E-state index in [1.54, 1.807) is 0 Å². The van der Waals surface area contributed by atoms with Gasteiger partial charge in [0.1, 0.15) is 0 Å². The molecular weight excluding hydrogens is 196 g/mol. The fourth-order valence-corrected chi connectivity index (χ4v) is 2.44. The molecule has 0 atom stereocenters. The summed E-state index contributed by atoms with van der Waals surface area (Å²) in [7, 11) is 0. The number of fused-ring (bicyclic) bond motifs is 3. The predicted molar refractivity (Wildman–Crippen MR) is 67.8 cm³/mol. The first-order valence-electron chi connectivity index (χ1n) is 5.50. The predicted octanol–water partition coefficient (Wildman–Crippen LogP) is 3.64. The highest BCUT2D eigenvalue weighted by atomic mass is 14.8. The third-order valence-electron chi connectivity index (χ3n) is 3.06. The largest absolute Gasteiger partial charge is 0.353 e. The van der Waals surface area contributed by atoms with E-state index in [0.29, 0.717) is 0 Å². The Morgan fingerprint density at radius 3 is 2.62 bits per heavy atom. The van der Waals surface area contributed by atoms with Gasteiger partial charge in [-0.25, -0.2) is 0 Å². The Labute approximate surface area is 94.3 Å². The molecule has 0 radical (unpaired) electrons. The molecule has 0 unspecified atom stereocenters. The smallest absolute Gasteiger partial charge is 0.0651 e. The Morgan fingerprint density at radius 2 is 1.81 bits per heavy atom. The van der Waals surface area contributed by atoms with Crippen molar-refractivity contribution in [2.24, 2.45) is 0 Å². The molecular formula is C14H14N2. The molecule has 2 heterocycles. The van der Waals surface area contributed by atoms with Crippen molar-refractivity contribution in [3.8, 4) is 0 Å². The maximum Gasteiger partial charge on any atom is 0.0651 e. The van der Waals surface area contributed by atoms with Gasteiger partial charge in [0.2, 0.25) is 0 Å². The Morgan fingerprint density at radius 1 is 1.00 bits per heavy atom. The van der Waals surface area contributed by atoms with E-state index < -0.39 is 0 Å². The minimum atomic E-state index is 1.06. The number of H-pyrrole nitrogens is 1. The van der Waals surface area contributed by atoms with Gasteiger partial charge in [-0.15, -0.1) is 0 Å². The van der Waals surface area contributed by atoms with Crippen LogP contribution in [0.4, 0.5) is 0 Å². The lowest BCUT2D eigenvalue weighted by molar-refractivity contribution is 1.22. The number of aromatic amines is 1. The summed E-state index contributed by atoms with van der Waals surface area (Å²) < 4.78 is 0. The van der Waals surface area contributed by atoms with Crippen molar-refractivity contribution < 1.29 is 0 Å². The molecule has 3 rings (SSSR count). The van der Waals surface area contributed by atoms with E-state index >= 15 is 0 Å². The van der Waals surface area contributed by atoms with Crippen LogP contribution in [0.3, 0.4) is 0 Å². The molecule has 2 nitrogen and oxygen atoms in total. The molecule has 0 fully saturated rings. The molecule has 16 heavy (non-hydrogen) atoms. The van der Waals surface area contributed by atoms with Gasteiger partial charge in [0, 0.05) is 22.0 Å². The van der Waals surface area contributed by atoms with Crippen molar-refractivity contribution in [3.05, 3.63) is 41.2 Å². The van der Waals surface area contributed by atoms with Gasteiger partial charge in [-0.1, -0.05) is 6.07 Å². The van der Waals surface area contributed by atoms with Gasteiger partial charge in [-0.2, -0.15) is 0 Å². The fraction of sp³-hybridized carbons (Fsp3) is 0.214. The molecule has 0 aliphatic carbocycles. The van der Waals surface area contributed by atoms with E-state index in [1.165, 1.54) is 27.4 Å². The van der Waals surface area contributed by atoms with Crippen LogP contribution in [-0.4, -0.2) is 9.97 Å². The van der Waals surface area contributed by atoms with Crippen LogP contribution < -0.4 is 0 Å². The first-order chi connectivity index (χ1) is 7.65. The van der Waals surface area contributed by atoms with Crippen LogP contribution in [0.25, 0.3) is 21.8 Å². The van der Waals surface area contributed by atoms with Crippen LogP contribution >= 0.6 is 0 Å². The quantitative estimate of drug-likeness (QED) is 0.603. The lowest BCUT2D eigenvalue weighted by Crippen LogP contribution is -1.80. The fourth-order valence-electron chi connectivity index (χ4n) is 2.44. The standard InChI is InChI=1S/C14H14N2/c1-8-4-9(2)14-11-6-10(3)15-7-13(11)16-12(14)5-8/h4-7,16H,1-3H3. The number of rotatable bonds is 0. The van der Waals surface area contributed by atoms with E-state index in [4.69, 9.17) is 0 Å². The number of hydrogen-bond donors (Lipinski definition) is 1. The molecule has 1 aromatic carbocycles. The number of pyridine rings is 1. The Balaban J connectivity index is 2.57. The molecule has 2 heteroatoms. The molecule has 0 aliphatic rings. The minimum Gasteiger partial charge on any atom is -0.353 e. The third-order valence-corrected chi connectivity index (χ3v) is 3.06. The summed E-state index contributed by atoms with van der Waals surface area (Å²) in [4.78, 5) is 7.75. The molecule has 0 bridgehead atoms. The van der Waals surface area contributed by atoms with Gasteiger partial charge in [0.25, 0.3) is 0 Å². The van der Waals surface area contributed by atoms with Gasteiger partial charge in [0.15, 0.2) is 0 Å². The summed E-state index contributed by atoms with van der Waals surface area (Å²) in [5.74, 6) is 0. The minimum absolute atomic E-state index is 1.06. The summed E-state index contributed by atoms with van der Waals surface area (Å²) >= 11 is 0. The molecule has 0 saturated carbocycles. The third kappa shape index (κ3) is 1.23. The SMILES string of the molecule is Cc1cc(C)c2c(c1)[nH]c1cnc(C)cc12. The maximum absolute atomic E-state index is 4.32. The van der Waals surface area contributed by atoms with Gasteiger partial charge >= 0.3 is 0 Å². The van der Waals surface area contributed by atoms with Crippen LogP contribution in [0.15, 0.2) is 24.4 Å². The second-order valence-corrected chi connectivity index (χ2v) is 4.50.